The number of carbonyl (C=O) groups is 1. The number of hydrogen-bond donors (Lipinski definition) is 3. The van der Waals surface area contributed by atoms with E-state index in [-0.39, 0.29) is 12.6 Å². The average molecular weight is 333 g/mol. The lowest BCUT2D eigenvalue weighted by Crippen LogP contribution is -2.32. The van der Waals surface area contributed by atoms with Gasteiger partial charge in [0.2, 0.25) is 0 Å². The minimum Gasteiger partial charge on any atom is -0.387 e. The van der Waals surface area contributed by atoms with Gasteiger partial charge in [-0.2, -0.15) is 0 Å². The van der Waals surface area contributed by atoms with Crippen LogP contribution in [0.5, 0.6) is 0 Å². The van der Waals surface area contributed by atoms with Gasteiger partial charge in [0, 0.05) is 17.3 Å². The van der Waals surface area contributed by atoms with Gasteiger partial charge >= 0.3 is 6.03 Å². The fourth-order valence-electron chi connectivity index (χ4n) is 2.27. The summed E-state index contributed by atoms with van der Waals surface area (Å²) in [5.41, 5.74) is 2.55. The van der Waals surface area contributed by atoms with Crippen molar-refractivity contribution in [1.29, 1.82) is 0 Å². The first-order valence-electron chi connectivity index (χ1n) is 7.54. The Hall–Kier alpha value is -2.04. The molecule has 2 rings (SSSR count). The van der Waals surface area contributed by atoms with Crippen molar-refractivity contribution in [3.63, 3.8) is 0 Å². The van der Waals surface area contributed by atoms with Crippen molar-refractivity contribution >= 4 is 23.3 Å². The first-order chi connectivity index (χ1) is 11.0. The molecule has 5 heteroatoms. The molecule has 1 unspecified atom stereocenters. The zero-order valence-corrected chi connectivity index (χ0v) is 14.0. The Kier molecular flexibility index (Phi) is 6.02. The Morgan fingerprint density at radius 2 is 1.78 bits per heavy atom. The molecule has 0 saturated carbocycles. The molecule has 2 amide bonds. The molecule has 0 radical (unpaired) electrons. The van der Waals surface area contributed by atoms with Gasteiger partial charge < -0.3 is 15.7 Å². The van der Waals surface area contributed by atoms with E-state index in [0.29, 0.717) is 16.5 Å². The maximum atomic E-state index is 12.0. The predicted molar refractivity (Wildman–Crippen MR) is 94.0 cm³/mol. The number of rotatable bonds is 5. The summed E-state index contributed by atoms with van der Waals surface area (Å²) >= 11 is 5.81. The molecule has 0 aliphatic heterocycles. The number of amides is 2. The van der Waals surface area contributed by atoms with Crippen molar-refractivity contribution in [2.24, 2.45) is 0 Å². The van der Waals surface area contributed by atoms with Gasteiger partial charge in [-0.25, -0.2) is 4.79 Å². The molecule has 0 aliphatic carbocycles. The molecular weight excluding hydrogens is 312 g/mol. The number of anilines is 1. The van der Waals surface area contributed by atoms with E-state index < -0.39 is 6.10 Å². The highest BCUT2D eigenvalue weighted by atomic mass is 35.5. The number of para-hydroxylation sites is 1. The standard InChI is InChI=1S/C18H21ClN2O2/c1-12(2)15-5-3-4-6-16(15)21-18(23)20-11-17(22)13-7-9-14(19)10-8-13/h3-10,12,17,22H,11H2,1-2H3,(H2,20,21,23). The molecule has 0 spiro atoms. The zero-order chi connectivity index (χ0) is 16.8. The third-order valence-corrected chi connectivity index (χ3v) is 3.79. The van der Waals surface area contributed by atoms with Crippen molar-refractivity contribution in [2.75, 3.05) is 11.9 Å². The second-order valence-corrected chi connectivity index (χ2v) is 6.08. The zero-order valence-electron chi connectivity index (χ0n) is 13.2. The largest absolute Gasteiger partial charge is 0.387 e. The van der Waals surface area contributed by atoms with Gasteiger partial charge in [0.1, 0.15) is 0 Å². The van der Waals surface area contributed by atoms with Gasteiger partial charge in [0.25, 0.3) is 0 Å². The Balaban J connectivity index is 1.91. The molecule has 3 N–H and O–H groups in total. The second kappa shape index (κ2) is 7.99. The number of hydrogen-bond acceptors (Lipinski definition) is 2. The van der Waals surface area contributed by atoms with Gasteiger partial charge in [0.15, 0.2) is 0 Å². The first kappa shape index (κ1) is 17.3. The molecule has 2 aromatic rings. The molecule has 1 atom stereocenters. The van der Waals surface area contributed by atoms with Crippen molar-refractivity contribution < 1.29 is 9.90 Å². The van der Waals surface area contributed by atoms with E-state index >= 15 is 0 Å². The molecule has 0 heterocycles. The van der Waals surface area contributed by atoms with Gasteiger partial charge in [-0.15, -0.1) is 0 Å². The summed E-state index contributed by atoms with van der Waals surface area (Å²) in [4.78, 5) is 12.0. The van der Waals surface area contributed by atoms with E-state index in [9.17, 15) is 9.90 Å². The van der Waals surface area contributed by atoms with Crippen LogP contribution in [0.3, 0.4) is 0 Å². The maximum Gasteiger partial charge on any atom is 0.319 e. The number of carbonyl (C=O) groups excluding carboxylic acids is 1. The van der Waals surface area contributed by atoms with E-state index in [1.54, 1.807) is 24.3 Å². The first-order valence-corrected chi connectivity index (χ1v) is 7.92. The summed E-state index contributed by atoms with van der Waals surface area (Å²) in [6, 6.07) is 14.2. The van der Waals surface area contributed by atoms with E-state index in [1.807, 2.05) is 24.3 Å². The monoisotopic (exact) mass is 332 g/mol. The molecule has 4 nitrogen and oxygen atoms in total. The van der Waals surface area contributed by atoms with E-state index in [4.69, 9.17) is 11.6 Å². The summed E-state index contributed by atoms with van der Waals surface area (Å²) in [5.74, 6) is 0.311. The van der Waals surface area contributed by atoms with Crippen molar-refractivity contribution in [3.8, 4) is 0 Å². The van der Waals surface area contributed by atoms with Crippen LogP contribution in [-0.2, 0) is 0 Å². The van der Waals surface area contributed by atoms with E-state index in [0.717, 1.165) is 11.3 Å². The van der Waals surface area contributed by atoms with Crippen LogP contribution in [-0.4, -0.2) is 17.7 Å². The lowest BCUT2D eigenvalue weighted by atomic mass is 10.0. The van der Waals surface area contributed by atoms with Crippen molar-refractivity contribution in [2.45, 2.75) is 25.9 Å². The number of aliphatic hydroxyl groups is 1. The SMILES string of the molecule is CC(C)c1ccccc1NC(=O)NCC(O)c1ccc(Cl)cc1. The van der Waals surface area contributed by atoms with Gasteiger partial charge in [-0.3, -0.25) is 0 Å². The van der Waals surface area contributed by atoms with Gasteiger partial charge in [-0.05, 0) is 35.2 Å². The topological polar surface area (TPSA) is 61.4 Å². The summed E-state index contributed by atoms with van der Waals surface area (Å²) in [6.45, 7) is 4.27. The normalized spacial score (nSPS) is 12.0. The highest BCUT2D eigenvalue weighted by Gasteiger charge is 2.11. The second-order valence-electron chi connectivity index (χ2n) is 5.64. The van der Waals surface area contributed by atoms with E-state index in [2.05, 4.69) is 24.5 Å². The molecule has 0 aliphatic rings. The smallest absolute Gasteiger partial charge is 0.319 e. The summed E-state index contributed by atoms with van der Waals surface area (Å²) < 4.78 is 0. The lowest BCUT2D eigenvalue weighted by Gasteiger charge is -2.16. The Morgan fingerprint density at radius 3 is 2.43 bits per heavy atom. The van der Waals surface area contributed by atoms with Crippen molar-refractivity contribution in [3.05, 3.63) is 64.7 Å². The number of benzene rings is 2. The van der Waals surface area contributed by atoms with Crippen LogP contribution >= 0.6 is 11.6 Å². The third kappa shape index (κ3) is 4.98. The number of aliphatic hydroxyl groups excluding tert-OH is 1. The highest BCUT2D eigenvalue weighted by molar-refractivity contribution is 6.30. The van der Waals surface area contributed by atoms with Crippen LogP contribution in [0.1, 0.15) is 37.0 Å². The lowest BCUT2D eigenvalue weighted by molar-refractivity contribution is 0.175. The molecule has 0 saturated heterocycles. The molecule has 2 aromatic carbocycles. The fourth-order valence-corrected chi connectivity index (χ4v) is 2.40. The quantitative estimate of drug-likeness (QED) is 0.763. The van der Waals surface area contributed by atoms with Crippen molar-refractivity contribution in [1.82, 2.24) is 5.32 Å². The van der Waals surface area contributed by atoms with Crippen LogP contribution < -0.4 is 10.6 Å². The predicted octanol–water partition coefficient (Wildman–Crippen LogP) is 4.32. The molecular formula is C18H21ClN2O2. The molecule has 0 aromatic heterocycles. The van der Waals surface area contributed by atoms with Crippen LogP contribution in [0, 0.1) is 0 Å². The number of urea groups is 1. The van der Waals surface area contributed by atoms with Crippen LogP contribution in [0.2, 0.25) is 5.02 Å². The Bertz CT molecular complexity index is 656. The molecule has 23 heavy (non-hydrogen) atoms. The molecule has 0 bridgehead atoms. The maximum absolute atomic E-state index is 12.0. The van der Waals surface area contributed by atoms with Gasteiger partial charge in [-0.1, -0.05) is 55.8 Å². The highest BCUT2D eigenvalue weighted by Crippen LogP contribution is 2.23. The van der Waals surface area contributed by atoms with Crippen LogP contribution in [0.15, 0.2) is 48.5 Å². The summed E-state index contributed by atoms with van der Waals surface area (Å²) in [5, 5.41) is 16.2. The molecule has 0 fully saturated rings. The Morgan fingerprint density at radius 1 is 1.13 bits per heavy atom. The summed E-state index contributed by atoms with van der Waals surface area (Å²) in [7, 11) is 0. The summed E-state index contributed by atoms with van der Waals surface area (Å²) in [6.07, 6.45) is -0.779. The molecule has 122 valence electrons. The van der Waals surface area contributed by atoms with Gasteiger partial charge in [0.05, 0.1) is 6.10 Å². The van der Waals surface area contributed by atoms with Crippen LogP contribution in [0.25, 0.3) is 0 Å². The minimum atomic E-state index is -0.779. The van der Waals surface area contributed by atoms with E-state index in [1.165, 1.54) is 0 Å². The fraction of sp³-hybridized carbons (Fsp3) is 0.278. The minimum absolute atomic E-state index is 0.122. The average Bonchev–Trinajstić information content (AvgIpc) is 2.53. The number of halogens is 1. The van der Waals surface area contributed by atoms with Crippen LogP contribution in [0.4, 0.5) is 10.5 Å². The Labute approximate surface area is 141 Å². The third-order valence-electron chi connectivity index (χ3n) is 3.54. The number of nitrogens with one attached hydrogen (secondary N) is 2.